The predicted octanol–water partition coefficient (Wildman–Crippen LogP) is 2.54. The first kappa shape index (κ1) is 22.5. The summed E-state index contributed by atoms with van der Waals surface area (Å²) < 4.78 is 0. The van der Waals surface area contributed by atoms with E-state index in [9.17, 15) is 0 Å². The Labute approximate surface area is 192 Å². The third-order valence-electron chi connectivity index (χ3n) is 5.69. The summed E-state index contributed by atoms with van der Waals surface area (Å²) in [6.45, 7) is 8.64. The summed E-state index contributed by atoms with van der Waals surface area (Å²) in [6, 6.07) is 36.7. The molecular weight excluding hydrogens is 447 g/mol. The van der Waals surface area contributed by atoms with Crippen LogP contribution < -0.4 is 38.2 Å². The van der Waals surface area contributed by atoms with Gasteiger partial charge in [-0.05, 0) is 76.2 Å². The summed E-state index contributed by atoms with van der Waals surface area (Å²) in [5, 5.41) is 5.61. The van der Waals surface area contributed by atoms with Crippen molar-refractivity contribution in [2.24, 2.45) is 0 Å². The highest BCUT2D eigenvalue weighted by molar-refractivity contribution is 8.01. The van der Waals surface area contributed by atoms with Gasteiger partial charge < -0.3 is 17.0 Å². The maximum atomic E-state index is 2.34. The molecule has 0 saturated heterocycles. The van der Waals surface area contributed by atoms with Crippen LogP contribution in [0.4, 0.5) is 0 Å². The molecule has 0 bridgehead atoms. The maximum Gasteiger partial charge on any atom is 0.144 e. The highest BCUT2D eigenvalue weighted by Crippen LogP contribution is 2.54. The van der Waals surface area contributed by atoms with Gasteiger partial charge in [0.05, 0.1) is 0 Å². The van der Waals surface area contributed by atoms with E-state index in [1.54, 1.807) is 0 Å². The van der Waals surface area contributed by atoms with Crippen molar-refractivity contribution < 1.29 is 17.0 Å². The van der Waals surface area contributed by atoms with Crippen LogP contribution in [0.3, 0.4) is 0 Å². The zero-order valence-corrected chi connectivity index (χ0v) is 20.5. The van der Waals surface area contributed by atoms with E-state index in [0.29, 0.717) is 0 Å². The first-order valence-electron chi connectivity index (χ1n) is 10.2. The van der Waals surface area contributed by atoms with Crippen molar-refractivity contribution in [1.82, 2.24) is 0 Å². The fourth-order valence-electron chi connectivity index (χ4n) is 3.97. The number of rotatable bonds is 4. The second kappa shape index (κ2) is 9.29. The van der Waals surface area contributed by atoms with Crippen LogP contribution in [0.15, 0.2) is 97.1 Å². The van der Waals surface area contributed by atoms with Gasteiger partial charge in [0, 0.05) is 0 Å². The number of benzene rings is 4. The molecule has 2 heteroatoms. The molecule has 4 rings (SSSR count). The molecule has 0 amide bonds. The molecule has 152 valence electrons. The molecule has 0 fully saturated rings. The quantitative estimate of drug-likeness (QED) is 0.398. The molecule has 4 aromatic rings. The second-order valence-corrected chi connectivity index (χ2v) is 11.4. The fourth-order valence-corrected chi connectivity index (χ4v) is 8.14. The lowest BCUT2D eigenvalue weighted by atomic mass is 10.2. The van der Waals surface area contributed by atoms with Crippen molar-refractivity contribution in [3.05, 3.63) is 119 Å². The van der Waals surface area contributed by atoms with Gasteiger partial charge in [0.15, 0.2) is 0 Å². The van der Waals surface area contributed by atoms with Gasteiger partial charge in [-0.3, -0.25) is 0 Å². The molecule has 0 unspecified atom stereocenters. The Kier molecular flexibility index (Phi) is 6.96. The summed E-state index contributed by atoms with van der Waals surface area (Å²) >= 11 is 0. The lowest BCUT2D eigenvalue weighted by Crippen LogP contribution is -3.00. The lowest BCUT2D eigenvalue weighted by molar-refractivity contribution is -0.00000591. The largest absolute Gasteiger partial charge is 1.00 e. The zero-order chi connectivity index (χ0) is 20.4. The summed E-state index contributed by atoms with van der Waals surface area (Å²) in [4.78, 5) is 0. The molecule has 0 aliphatic heterocycles. The van der Waals surface area contributed by atoms with Gasteiger partial charge in [-0.15, -0.1) is 0 Å². The minimum atomic E-state index is -1.98. The summed E-state index contributed by atoms with van der Waals surface area (Å²) in [6.07, 6.45) is 0. The molecule has 0 heterocycles. The second-order valence-electron chi connectivity index (χ2n) is 8.01. The average Bonchev–Trinajstić information content (AvgIpc) is 2.73. The standard InChI is InChI=1S/C28H28P.BrH/c1-21-5-13-25(14-6-21)29(26-15-7-22(2)8-16-26,27-17-9-23(3)10-18-27)28-19-11-24(4)12-20-28;/h5-20H,1-4H3;1H/q+1;/p-1. The minimum Gasteiger partial charge on any atom is -1.00 e. The Morgan fingerprint density at radius 2 is 0.500 bits per heavy atom. The number of hydrogen-bond donors (Lipinski definition) is 0. The van der Waals surface area contributed by atoms with Crippen LogP contribution in [0, 0.1) is 27.7 Å². The normalized spacial score (nSPS) is 11.1. The van der Waals surface area contributed by atoms with E-state index in [4.69, 9.17) is 0 Å². The smallest absolute Gasteiger partial charge is 0.144 e. The van der Waals surface area contributed by atoms with Gasteiger partial charge in [0.25, 0.3) is 0 Å². The Bertz CT molecular complexity index is 906. The van der Waals surface area contributed by atoms with E-state index in [0.717, 1.165) is 0 Å². The van der Waals surface area contributed by atoms with Crippen LogP contribution in [0.25, 0.3) is 0 Å². The summed E-state index contributed by atoms with van der Waals surface area (Å²) in [5.41, 5.74) is 5.18. The van der Waals surface area contributed by atoms with Crippen LogP contribution in [0.1, 0.15) is 22.3 Å². The van der Waals surface area contributed by atoms with Gasteiger partial charge in [-0.25, -0.2) is 0 Å². The van der Waals surface area contributed by atoms with Gasteiger partial charge in [-0.1, -0.05) is 70.8 Å². The van der Waals surface area contributed by atoms with Crippen LogP contribution in [-0.2, 0) is 0 Å². The number of hydrogen-bond acceptors (Lipinski definition) is 0. The molecule has 0 atom stereocenters. The predicted molar refractivity (Wildman–Crippen MR) is 130 cm³/mol. The van der Waals surface area contributed by atoms with Crippen LogP contribution in [-0.4, -0.2) is 0 Å². The molecule has 0 spiro atoms. The number of halogens is 1. The van der Waals surface area contributed by atoms with Crippen LogP contribution >= 0.6 is 7.26 Å². The third kappa shape index (κ3) is 4.15. The molecule has 0 aliphatic rings. The van der Waals surface area contributed by atoms with Crippen molar-refractivity contribution in [2.75, 3.05) is 0 Å². The Morgan fingerprint density at radius 1 is 0.333 bits per heavy atom. The third-order valence-corrected chi connectivity index (χ3v) is 9.98. The Morgan fingerprint density at radius 3 is 0.667 bits per heavy atom. The van der Waals surface area contributed by atoms with Crippen molar-refractivity contribution in [3.63, 3.8) is 0 Å². The van der Waals surface area contributed by atoms with E-state index in [-0.39, 0.29) is 17.0 Å². The van der Waals surface area contributed by atoms with E-state index in [2.05, 4.69) is 125 Å². The maximum absolute atomic E-state index is 2.34. The van der Waals surface area contributed by atoms with E-state index in [1.165, 1.54) is 43.5 Å². The fraction of sp³-hybridized carbons (Fsp3) is 0.143. The molecule has 0 aliphatic carbocycles. The summed E-state index contributed by atoms with van der Waals surface area (Å²) in [5.74, 6) is 0. The van der Waals surface area contributed by atoms with Crippen molar-refractivity contribution in [3.8, 4) is 0 Å². The first-order chi connectivity index (χ1) is 14.0. The topological polar surface area (TPSA) is 0 Å². The molecule has 30 heavy (non-hydrogen) atoms. The molecule has 0 aromatic heterocycles. The van der Waals surface area contributed by atoms with Crippen LogP contribution in [0.2, 0.25) is 0 Å². The van der Waals surface area contributed by atoms with E-state index in [1.807, 2.05) is 0 Å². The van der Waals surface area contributed by atoms with Gasteiger partial charge in [-0.2, -0.15) is 0 Å². The van der Waals surface area contributed by atoms with Crippen molar-refractivity contribution in [1.29, 1.82) is 0 Å². The van der Waals surface area contributed by atoms with Crippen LogP contribution in [0.5, 0.6) is 0 Å². The molecule has 0 saturated carbocycles. The highest BCUT2D eigenvalue weighted by Gasteiger charge is 2.47. The number of aryl methyl sites for hydroxylation is 4. The molecule has 0 N–H and O–H groups in total. The monoisotopic (exact) mass is 474 g/mol. The van der Waals surface area contributed by atoms with E-state index < -0.39 is 7.26 Å². The van der Waals surface area contributed by atoms with Crippen molar-refractivity contribution >= 4 is 28.5 Å². The minimum absolute atomic E-state index is 0. The zero-order valence-electron chi connectivity index (χ0n) is 18.1. The summed E-state index contributed by atoms with van der Waals surface area (Å²) in [7, 11) is -1.98. The van der Waals surface area contributed by atoms with Gasteiger partial charge in [0.1, 0.15) is 28.5 Å². The Balaban J connectivity index is 0.00000256. The average molecular weight is 475 g/mol. The lowest BCUT2D eigenvalue weighted by Gasteiger charge is -2.28. The molecule has 0 radical (unpaired) electrons. The van der Waals surface area contributed by atoms with Gasteiger partial charge in [0.2, 0.25) is 0 Å². The molecule has 0 nitrogen and oxygen atoms in total. The SMILES string of the molecule is Cc1ccc([P+](c2ccc(C)cc2)(c2ccc(C)cc2)c2ccc(C)cc2)cc1.[Br-]. The molecular formula is C28H28BrP. The molecule has 4 aromatic carbocycles. The van der Waals surface area contributed by atoms with Gasteiger partial charge >= 0.3 is 0 Å². The first-order valence-corrected chi connectivity index (χ1v) is 12.0. The Hall–Kier alpha value is -2.21. The van der Waals surface area contributed by atoms with Crippen molar-refractivity contribution in [2.45, 2.75) is 27.7 Å². The van der Waals surface area contributed by atoms with E-state index >= 15 is 0 Å². The highest BCUT2D eigenvalue weighted by atomic mass is 79.9.